The van der Waals surface area contributed by atoms with Crippen LogP contribution in [0, 0.1) is 0 Å². The van der Waals surface area contributed by atoms with E-state index in [1.54, 1.807) is 12.5 Å². The van der Waals surface area contributed by atoms with Gasteiger partial charge >= 0.3 is 0 Å². The van der Waals surface area contributed by atoms with Gasteiger partial charge in [-0.25, -0.2) is 4.98 Å². The van der Waals surface area contributed by atoms with Crippen molar-refractivity contribution >= 4 is 23.8 Å². The van der Waals surface area contributed by atoms with E-state index in [1.807, 2.05) is 65.4 Å². The molecule has 3 aromatic rings. The Balaban J connectivity index is 1.67. The molecule has 0 aliphatic heterocycles. The first-order valence-electron chi connectivity index (χ1n) is 7.92. The van der Waals surface area contributed by atoms with Crippen molar-refractivity contribution in [2.75, 3.05) is 0 Å². The summed E-state index contributed by atoms with van der Waals surface area (Å²) in [6.45, 7) is 2.09. The molecule has 0 radical (unpaired) electrons. The lowest BCUT2D eigenvalue weighted by atomic mass is 10.1. The minimum atomic E-state index is -0.0413. The van der Waals surface area contributed by atoms with Gasteiger partial charge in [0.15, 0.2) is 6.23 Å². The number of imidazole rings is 1. The van der Waals surface area contributed by atoms with Gasteiger partial charge in [0.25, 0.3) is 0 Å². The fourth-order valence-corrected chi connectivity index (χ4v) is 2.61. The normalized spacial score (nSPS) is 12.4. The van der Waals surface area contributed by atoms with Crippen molar-refractivity contribution in [3.8, 4) is 5.75 Å². The van der Waals surface area contributed by atoms with E-state index in [-0.39, 0.29) is 6.23 Å². The van der Waals surface area contributed by atoms with Crippen molar-refractivity contribution in [3.63, 3.8) is 0 Å². The van der Waals surface area contributed by atoms with Gasteiger partial charge in [0, 0.05) is 23.8 Å². The Kier molecular flexibility index (Phi) is 5.34. The Bertz CT molecular complexity index is 795. The topological polar surface area (TPSA) is 27.1 Å². The number of nitrogens with zero attached hydrogens (tertiary/aromatic N) is 2. The SMILES string of the molecule is CCC(Oc1ccc(/C=C/c2cccc(Cl)c2)cc1)n1ccnc1. The Hall–Kier alpha value is -2.52. The van der Waals surface area contributed by atoms with E-state index in [0.29, 0.717) is 0 Å². The number of benzene rings is 2. The summed E-state index contributed by atoms with van der Waals surface area (Å²) in [7, 11) is 0. The number of ether oxygens (including phenoxy) is 1. The summed E-state index contributed by atoms with van der Waals surface area (Å²) in [5.41, 5.74) is 2.19. The average Bonchev–Trinajstić information content (AvgIpc) is 3.13. The van der Waals surface area contributed by atoms with Crippen molar-refractivity contribution in [1.29, 1.82) is 0 Å². The molecule has 3 nitrogen and oxygen atoms in total. The van der Waals surface area contributed by atoms with Crippen LogP contribution in [0.25, 0.3) is 12.2 Å². The molecule has 4 heteroatoms. The minimum absolute atomic E-state index is 0.0413. The van der Waals surface area contributed by atoms with Gasteiger partial charge in [-0.2, -0.15) is 0 Å². The molecule has 0 saturated carbocycles. The standard InChI is InChI=1S/C20H19ClN2O/c1-2-20(23-13-12-22-15-23)24-19-10-8-16(9-11-19)6-7-17-4-3-5-18(21)14-17/h3-15,20H,2H2,1H3/b7-6+. The second-order valence-corrected chi connectivity index (χ2v) is 5.88. The second-order valence-electron chi connectivity index (χ2n) is 5.45. The summed E-state index contributed by atoms with van der Waals surface area (Å²) in [6, 6.07) is 15.8. The van der Waals surface area contributed by atoms with E-state index in [2.05, 4.69) is 18.0 Å². The van der Waals surface area contributed by atoms with E-state index < -0.39 is 0 Å². The molecule has 3 rings (SSSR count). The zero-order valence-corrected chi connectivity index (χ0v) is 14.2. The zero-order chi connectivity index (χ0) is 16.8. The molecule has 0 saturated heterocycles. The number of rotatable bonds is 6. The van der Waals surface area contributed by atoms with Crippen LogP contribution in [0.4, 0.5) is 0 Å². The van der Waals surface area contributed by atoms with Crippen LogP contribution in [-0.4, -0.2) is 9.55 Å². The number of hydrogen-bond acceptors (Lipinski definition) is 2. The molecule has 1 heterocycles. The van der Waals surface area contributed by atoms with E-state index in [9.17, 15) is 0 Å². The van der Waals surface area contributed by atoms with Gasteiger partial charge in [-0.1, -0.05) is 54.9 Å². The fourth-order valence-electron chi connectivity index (χ4n) is 2.41. The molecule has 1 atom stereocenters. The van der Waals surface area contributed by atoms with E-state index in [0.717, 1.165) is 28.3 Å². The number of aromatic nitrogens is 2. The van der Waals surface area contributed by atoms with Crippen LogP contribution in [-0.2, 0) is 0 Å². The van der Waals surface area contributed by atoms with E-state index in [1.165, 1.54) is 0 Å². The maximum Gasteiger partial charge on any atom is 0.176 e. The highest BCUT2D eigenvalue weighted by molar-refractivity contribution is 6.30. The molecule has 0 N–H and O–H groups in total. The lowest BCUT2D eigenvalue weighted by Crippen LogP contribution is -2.13. The van der Waals surface area contributed by atoms with Gasteiger partial charge in [0.05, 0.1) is 6.33 Å². The van der Waals surface area contributed by atoms with Crippen molar-refractivity contribution < 1.29 is 4.74 Å². The second kappa shape index (κ2) is 7.84. The van der Waals surface area contributed by atoms with Gasteiger partial charge in [-0.05, 0) is 35.4 Å². The van der Waals surface area contributed by atoms with Gasteiger partial charge in [0.1, 0.15) is 5.75 Å². The number of hydrogen-bond donors (Lipinski definition) is 0. The Morgan fingerprint density at radius 2 is 1.92 bits per heavy atom. The van der Waals surface area contributed by atoms with Crippen LogP contribution in [0.15, 0.2) is 67.3 Å². The molecule has 2 aromatic carbocycles. The quantitative estimate of drug-likeness (QED) is 0.539. The summed E-state index contributed by atoms with van der Waals surface area (Å²) >= 11 is 5.99. The molecule has 0 spiro atoms. The molecule has 0 amide bonds. The summed E-state index contributed by atoms with van der Waals surface area (Å²) in [5.74, 6) is 0.843. The third-order valence-corrected chi connectivity index (χ3v) is 3.91. The lowest BCUT2D eigenvalue weighted by molar-refractivity contribution is 0.127. The summed E-state index contributed by atoms with van der Waals surface area (Å²) in [6.07, 6.45) is 10.4. The van der Waals surface area contributed by atoms with Crippen LogP contribution >= 0.6 is 11.6 Å². The maximum atomic E-state index is 6.02. The van der Waals surface area contributed by atoms with Crippen molar-refractivity contribution in [2.24, 2.45) is 0 Å². The molecular formula is C20H19ClN2O. The molecule has 0 fully saturated rings. The smallest absolute Gasteiger partial charge is 0.176 e. The Morgan fingerprint density at radius 3 is 2.58 bits per heavy atom. The lowest BCUT2D eigenvalue weighted by Gasteiger charge is -2.18. The Morgan fingerprint density at radius 1 is 1.12 bits per heavy atom. The van der Waals surface area contributed by atoms with Crippen molar-refractivity contribution in [2.45, 2.75) is 19.6 Å². The first-order valence-corrected chi connectivity index (χ1v) is 8.30. The highest BCUT2D eigenvalue weighted by Crippen LogP contribution is 2.21. The summed E-state index contributed by atoms with van der Waals surface area (Å²) in [5, 5.41) is 0.742. The first kappa shape index (κ1) is 16.3. The van der Waals surface area contributed by atoms with Crippen LogP contribution < -0.4 is 4.74 Å². The molecule has 122 valence electrons. The third kappa shape index (κ3) is 4.27. The largest absolute Gasteiger partial charge is 0.470 e. The Labute approximate surface area is 147 Å². The molecule has 1 unspecified atom stereocenters. The molecule has 24 heavy (non-hydrogen) atoms. The van der Waals surface area contributed by atoms with Gasteiger partial charge < -0.3 is 9.30 Å². The van der Waals surface area contributed by atoms with Crippen LogP contribution in [0.5, 0.6) is 5.75 Å². The highest BCUT2D eigenvalue weighted by atomic mass is 35.5. The van der Waals surface area contributed by atoms with Gasteiger partial charge in [-0.3, -0.25) is 0 Å². The van der Waals surface area contributed by atoms with Crippen LogP contribution in [0.2, 0.25) is 5.02 Å². The summed E-state index contributed by atoms with van der Waals surface area (Å²) < 4.78 is 7.99. The first-order chi connectivity index (χ1) is 11.7. The highest BCUT2D eigenvalue weighted by Gasteiger charge is 2.09. The predicted octanol–water partition coefficient (Wildman–Crippen LogP) is 5.69. The monoisotopic (exact) mass is 338 g/mol. The third-order valence-electron chi connectivity index (χ3n) is 3.68. The molecule has 0 aliphatic rings. The molecular weight excluding hydrogens is 320 g/mol. The van der Waals surface area contributed by atoms with E-state index >= 15 is 0 Å². The maximum absolute atomic E-state index is 6.02. The number of halogens is 1. The van der Waals surface area contributed by atoms with Crippen LogP contribution in [0.3, 0.4) is 0 Å². The molecule has 0 bridgehead atoms. The van der Waals surface area contributed by atoms with Crippen molar-refractivity contribution in [1.82, 2.24) is 9.55 Å². The average molecular weight is 339 g/mol. The summed E-state index contributed by atoms with van der Waals surface area (Å²) in [4.78, 5) is 4.07. The zero-order valence-electron chi connectivity index (χ0n) is 13.5. The fraction of sp³-hybridized carbons (Fsp3) is 0.150. The molecule has 0 aliphatic carbocycles. The van der Waals surface area contributed by atoms with E-state index in [4.69, 9.17) is 16.3 Å². The van der Waals surface area contributed by atoms with Crippen LogP contribution in [0.1, 0.15) is 30.7 Å². The molecule has 1 aromatic heterocycles. The predicted molar refractivity (Wildman–Crippen MR) is 99.0 cm³/mol. The van der Waals surface area contributed by atoms with Gasteiger partial charge in [-0.15, -0.1) is 0 Å². The van der Waals surface area contributed by atoms with Crippen molar-refractivity contribution in [3.05, 3.63) is 83.4 Å². The minimum Gasteiger partial charge on any atom is -0.470 e. The van der Waals surface area contributed by atoms with Gasteiger partial charge in [0.2, 0.25) is 0 Å².